The molecule has 7 heteroatoms. The van der Waals surface area contributed by atoms with E-state index in [2.05, 4.69) is 24.1 Å². The quantitative estimate of drug-likeness (QED) is 0.805. The summed E-state index contributed by atoms with van der Waals surface area (Å²) < 4.78 is 5.44. The molecule has 1 aromatic carbocycles. The lowest BCUT2D eigenvalue weighted by molar-refractivity contribution is -0.145. The van der Waals surface area contributed by atoms with E-state index in [0.29, 0.717) is 18.7 Å². The van der Waals surface area contributed by atoms with E-state index in [4.69, 9.17) is 4.74 Å². The highest BCUT2D eigenvalue weighted by atomic mass is 16.5. The minimum Gasteiger partial charge on any atom is -0.371 e. The zero-order chi connectivity index (χ0) is 22.3. The molecule has 0 radical (unpaired) electrons. The first-order valence-electron chi connectivity index (χ1n) is 10.6. The molecule has 2 amide bonds. The maximum Gasteiger partial charge on any atom is 0.268 e. The fraction of sp³-hybridized carbons (Fsp3) is 0.522. The van der Waals surface area contributed by atoms with Crippen LogP contribution in [0.2, 0.25) is 0 Å². The molecule has 0 aliphatic carbocycles. The molecule has 0 bridgehead atoms. The van der Waals surface area contributed by atoms with E-state index in [1.165, 1.54) is 11.3 Å². The fourth-order valence-corrected chi connectivity index (χ4v) is 3.20. The van der Waals surface area contributed by atoms with Crippen LogP contribution in [0.4, 0.5) is 0 Å². The fourth-order valence-electron chi connectivity index (χ4n) is 3.20. The van der Waals surface area contributed by atoms with Crippen LogP contribution in [-0.4, -0.2) is 58.8 Å². The van der Waals surface area contributed by atoms with Crippen molar-refractivity contribution < 1.29 is 19.1 Å². The molecule has 3 atom stereocenters. The SMILES string of the molecule is CC1CCN(C(=O)C(C)NC(=O)c2cc3ccccc3[nH]2)C(C)C(=O)CO1.CCC. The summed E-state index contributed by atoms with van der Waals surface area (Å²) in [4.78, 5) is 42.2. The standard InChI is InChI=1S/C20H25N3O4.C3H8/c1-12-8-9-23(14(3)18(24)11-27-12)20(26)13(2)21-19(25)17-10-15-6-4-5-7-16(15)22-17;1-3-2/h4-7,10,12-14,22H,8-9,11H2,1-3H3,(H,21,25);3H2,1-2H3. The van der Waals surface area contributed by atoms with E-state index in [-0.39, 0.29) is 30.3 Å². The number of carbonyl (C=O) groups excluding carboxylic acids is 3. The van der Waals surface area contributed by atoms with Gasteiger partial charge in [-0.15, -0.1) is 0 Å². The molecule has 0 saturated carbocycles. The van der Waals surface area contributed by atoms with Gasteiger partial charge in [-0.3, -0.25) is 14.4 Å². The number of ketones is 1. The number of H-pyrrole nitrogens is 1. The molecular formula is C23H33N3O4. The minimum atomic E-state index is -0.741. The number of amides is 2. The topological polar surface area (TPSA) is 91.5 Å². The Labute approximate surface area is 178 Å². The molecule has 1 aliphatic rings. The molecule has 3 rings (SSSR count). The third kappa shape index (κ3) is 5.92. The zero-order valence-corrected chi connectivity index (χ0v) is 18.5. The normalized spacial score (nSPS) is 20.6. The van der Waals surface area contributed by atoms with E-state index in [1.54, 1.807) is 19.9 Å². The summed E-state index contributed by atoms with van der Waals surface area (Å²) in [5, 5.41) is 3.66. The summed E-state index contributed by atoms with van der Waals surface area (Å²) in [6, 6.07) is 8.02. The number of rotatable bonds is 3. The molecule has 2 N–H and O–H groups in total. The van der Waals surface area contributed by atoms with Crippen molar-refractivity contribution in [3.8, 4) is 0 Å². The number of para-hydroxylation sites is 1. The number of aromatic nitrogens is 1. The van der Waals surface area contributed by atoms with Crippen LogP contribution in [0.1, 0.15) is 57.9 Å². The van der Waals surface area contributed by atoms with Crippen molar-refractivity contribution >= 4 is 28.5 Å². The molecule has 7 nitrogen and oxygen atoms in total. The van der Waals surface area contributed by atoms with Gasteiger partial charge in [0.15, 0.2) is 5.78 Å². The van der Waals surface area contributed by atoms with Gasteiger partial charge in [-0.1, -0.05) is 38.5 Å². The number of ether oxygens (including phenoxy) is 1. The second-order valence-electron chi connectivity index (χ2n) is 7.76. The summed E-state index contributed by atoms with van der Waals surface area (Å²) >= 11 is 0. The van der Waals surface area contributed by atoms with Crippen LogP contribution >= 0.6 is 0 Å². The Balaban J connectivity index is 0.00000101. The summed E-state index contributed by atoms with van der Waals surface area (Å²) in [5.41, 5.74) is 1.26. The van der Waals surface area contributed by atoms with Crippen LogP contribution < -0.4 is 5.32 Å². The first-order chi connectivity index (χ1) is 14.3. The van der Waals surface area contributed by atoms with Gasteiger partial charge in [-0.25, -0.2) is 0 Å². The molecule has 1 aromatic heterocycles. The van der Waals surface area contributed by atoms with Crippen molar-refractivity contribution in [1.82, 2.24) is 15.2 Å². The summed E-state index contributed by atoms with van der Waals surface area (Å²) in [6.07, 6.45) is 1.81. The molecule has 2 heterocycles. The Hall–Kier alpha value is -2.67. The maximum atomic E-state index is 12.9. The highest BCUT2D eigenvalue weighted by molar-refractivity contribution is 6.00. The Kier molecular flexibility index (Phi) is 8.59. The van der Waals surface area contributed by atoms with Crippen molar-refractivity contribution in [1.29, 1.82) is 0 Å². The van der Waals surface area contributed by atoms with Crippen LogP contribution in [0.25, 0.3) is 10.9 Å². The van der Waals surface area contributed by atoms with Crippen molar-refractivity contribution in [2.75, 3.05) is 13.2 Å². The number of hydrogen-bond acceptors (Lipinski definition) is 4. The number of hydrogen-bond donors (Lipinski definition) is 2. The summed E-state index contributed by atoms with van der Waals surface area (Å²) in [7, 11) is 0. The van der Waals surface area contributed by atoms with Gasteiger partial charge in [0, 0.05) is 17.4 Å². The largest absolute Gasteiger partial charge is 0.371 e. The predicted octanol–water partition coefficient (Wildman–Crippen LogP) is 3.30. The Bertz CT molecular complexity index is 843. The average Bonchev–Trinajstić information content (AvgIpc) is 3.16. The van der Waals surface area contributed by atoms with Crippen LogP contribution in [0.3, 0.4) is 0 Å². The zero-order valence-electron chi connectivity index (χ0n) is 18.5. The first kappa shape index (κ1) is 23.6. The molecular weight excluding hydrogens is 382 g/mol. The Morgan fingerprint density at radius 1 is 1.27 bits per heavy atom. The molecule has 2 aromatic rings. The second-order valence-corrected chi connectivity index (χ2v) is 7.76. The predicted molar refractivity (Wildman–Crippen MR) is 117 cm³/mol. The number of carbonyl (C=O) groups is 3. The molecule has 1 aliphatic heterocycles. The van der Waals surface area contributed by atoms with E-state index >= 15 is 0 Å². The van der Waals surface area contributed by atoms with Gasteiger partial charge in [0.2, 0.25) is 5.91 Å². The van der Waals surface area contributed by atoms with Crippen LogP contribution in [-0.2, 0) is 14.3 Å². The number of fused-ring (bicyclic) bond motifs is 1. The Morgan fingerprint density at radius 3 is 2.60 bits per heavy atom. The maximum absolute atomic E-state index is 12.9. The van der Waals surface area contributed by atoms with Gasteiger partial charge < -0.3 is 19.9 Å². The number of nitrogens with zero attached hydrogens (tertiary/aromatic N) is 1. The highest BCUT2D eigenvalue weighted by Crippen LogP contribution is 2.15. The number of nitrogens with one attached hydrogen (secondary N) is 2. The third-order valence-electron chi connectivity index (χ3n) is 5.00. The minimum absolute atomic E-state index is 0.00190. The van der Waals surface area contributed by atoms with Gasteiger partial charge in [0.25, 0.3) is 5.91 Å². The van der Waals surface area contributed by atoms with Crippen LogP contribution in [0, 0.1) is 0 Å². The average molecular weight is 416 g/mol. The van der Waals surface area contributed by atoms with Gasteiger partial charge in [-0.05, 0) is 39.3 Å². The van der Waals surface area contributed by atoms with E-state index in [0.717, 1.165) is 10.9 Å². The smallest absolute Gasteiger partial charge is 0.268 e. The van der Waals surface area contributed by atoms with Crippen LogP contribution in [0.15, 0.2) is 30.3 Å². The first-order valence-corrected chi connectivity index (χ1v) is 10.6. The lowest BCUT2D eigenvalue weighted by Gasteiger charge is -2.33. The third-order valence-corrected chi connectivity index (χ3v) is 5.00. The molecule has 1 saturated heterocycles. The van der Waals surface area contributed by atoms with E-state index < -0.39 is 12.1 Å². The molecule has 3 unspecified atom stereocenters. The van der Waals surface area contributed by atoms with Crippen molar-refractivity contribution in [2.24, 2.45) is 0 Å². The second kappa shape index (κ2) is 10.9. The van der Waals surface area contributed by atoms with Gasteiger partial charge >= 0.3 is 0 Å². The lowest BCUT2D eigenvalue weighted by atomic mass is 10.1. The number of benzene rings is 1. The number of Topliss-reactive ketones (excluding diaryl/α,β-unsaturated/α-hetero) is 1. The summed E-state index contributed by atoms with van der Waals surface area (Å²) in [6.45, 7) is 9.89. The van der Waals surface area contributed by atoms with Crippen molar-refractivity contribution in [3.05, 3.63) is 36.0 Å². The Morgan fingerprint density at radius 2 is 1.93 bits per heavy atom. The van der Waals surface area contributed by atoms with Gasteiger partial charge in [0.05, 0.1) is 12.1 Å². The van der Waals surface area contributed by atoms with Crippen LogP contribution in [0.5, 0.6) is 0 Å². The lowest BCUT2D eigenvalue weighted by Crippen LogP contribution is -2.54. The van der Waals surface area contributed by atoms with E-state index in [9.17, 15) is 14.4 Å². The molecule has 30 heavy (non-hydrogen) atoms. The number of aromatic amines is 1. The van der Waals surface area contributed by atoms with Gasteiger partial charge in [0.1, 0.15) is 18.3 Å². The van der Waals surface area contributed by atoms with Crippen molar-refractivity contribution in [2.45, 2.75) is 65.6 Å². The monoisotopic (exact) mass is 415 g/mol. The molecule has 0 spiro atoms. The van der Waals surface area contributed by atoms with Crippen molar-refractivity contribution in [3.63, 3.8) is 0 Å². The summed E-state index contributed by atoms with van der Waals surface area (Å²) in [5.74, 6) is -0.756. The highest BCUT2D eigenvalue weighted by Gasteiger charge is 2.32. The molecule has 1 fully saturated rings. The molecule has 164 valence electrons. The van der Waals surface area contributed by atoms with E-state index in [1.807, 2.05) is 31.2 Å². The van der Waals surface area contributed by atoms with Gasteiger partial charge in [-0.2, -0.15) is 0 Å².